The topological polar surface area (TPSA) is 0 Å². The molecule has 0 amide bonds. The molecular weight excluding hydrogens is 324 g/mol. The van der Waals surface area contributed by atoms with Gasteiger partial charge in [0.25, 0.3) is 0 Å². The highest BCUT2D eigenvalue weighted by atomic mass is 14.3. The van der Waals surface area contributed by atoms with Crippen LogP contribution >= 0.6 is 0 Å². The minimum absolute atomic E-state index is 0.637. The fourth-order valence-electron chi connectivity index (χ4n) is 5.40. The van der Waals surface area contributed by atoms with Gasteiger partial charge in [0.15, 0.2) is 0 Å². The summed E-state index contributed by atoms with van der Waals surface area (Å²) in [5.74, 6) is 10.8. The monoisotopic (exact) mass is 364 g/mol. The van der Waals surface area contributed by atoms with Crippen molar-refractivity contribution in [1.82, 2.24) is 0 Å². The first-order chi connectivity index (χ1) is 13.3. The van der Waals surface area contributed by atoms with Crippen LogP contribution in [0.4, 0.5) is 0 Å². The maximum atomic E-state index is 3.59. The zero-order valence-corrected chi connectivity index (χ0v) is 17.8. The van der Waals surface area contributed by atoms with Crippen LogP contribution in [0.25, 0.3) is 0 Å². The Morgan fingerprint density at radius 2 is 1.41 bits per heavy atom. The molecule has 27 heavy (non-hydrogen) atoms. The average Bonchev–Trinajstić information content (AvgIpc) is 2.73. The Kier molecular flexibility index (Phi) is 8.32. The Hall–Kier alpha value is -1.22. The second-order valence-electron chi connectivity index (χ2n) is 9.25. The van der Waals surface area contributed by atoms with Crippen molar-refractivity contribution in [3.63, 3.8) is 0 Å². The summed E-state index contributed by atoms with van der Waals surface area (Å²) in [4.78, 5) is 0. The van der Waals surface area contributed by atoms with Crippen LogP contribution < -0.4 is 0 Å². The van der Waals surface area contributed by atoms with Crippen molar-refractivity contribution in [3.05, 3.63) is 35.4 Å². The van der Waals surface area contributed by atoms with Crippen LogP contribution in [0.3, 0.4) is 0 Å². The van der Waals surface area contributed by atoms with E-state index in [9.17, 15) is 0 Å². The Morgan fingerprint density at radius 1 is 0.778 bits per heavy atom. The van der Waals surface area contributed by atoms with E-state index in [2.05, 4.69) is 50.0 Å². The summed E-state index contributed by atoms with van der Waals surface area (Å²) in [6, 6.07) is 8.92. The lowest BCUT2D eigenvalue weighted by Gasteiger charge is -2.37. The van der Waals surface area contributed by atoms with Crippen LogP contribution in [0, 0.1) is 35.5 Å². The Balaban J connectivity index is 1.41. The number of aryl methyl sites for hydroxylation is 1. The van der Waals surface area contributed by atoms with Gasteiger partial charge >= 0.3 is 0 Å². The Bertz CT molecular complexity index is 583. The molecule has 2 saturated carbocycles. The summed E-state index contributed by atoms with van der Waals surface area (Å²) < 4.78 is 0. The average molecular weight is 365 g/mol. The third kappa shape index (κ3) is 6.41. The van der Waals surface area contributed by atoms with Gasteiger partial charge in [0.1, 0.15) is 0 Å². The van der Waals surface area contributed by atoms with Crippen LogP contribution in [-0.2, 0) is 6.42 Å². The molecule has 1 aromatic carbocycles. The van der Waals surface area contributed by atoms with Gasteiger partial charge in [-0.2, -0.15) is 0 Å². The molecular formula is C27H40. The van der Waals surface area contributed by atoms with Gasteiger partial charge in [0.05, 0.1) is 0 Å². The summed E-state index contributed by atoms with van der Waals surface area (Å²) in [7, 11) is 0. The van der Waals surface area contributed by atoms with Crippen molar-refractivity contribution in [3.8, 4) is 11.8 Å². The number of rotatable bonds is 6. The molecule has 0 bridgehead atoms. The predicted octanol–water partition coefficient (Wildman–Crippen LogP) is 7.79. The lowest BCUT2D eigenvalue weighted by Crippen LogP contribution is -2.25. The van der Waals surface area contributed by atoms with E-state index < -0.39 is 0 Å². The van der Waals surface area contributed by atoms with Crippen LogP contribution in [0.15, 0.2) is 24.3 Å². The van der Waals surface area contributed by atoms with Gasteiger partial charge in [-0.05, 0) is 80.4 Å². The molecule has 148 valence electrons. The first kappa shape index (κ1) is 20.5. The van der Waals surface area contributed by atoms with Crippen molar-refractivity contribution in [1.29, 1.82) is 0 Å². The van der Waals surface area contributed by atoms with Gasteiger partial charge in [-0.3, -0.25) is 0 Å². The zero-order chi connectivity index (χ0) is 18.9. The van der Waals surface area contributed by atoms with Crippen LogP contribution in [0.1, 0.15) is 102 Å². The summed E-state index contributed by atoms with van der Waals surface area (Å²) in [5.41, 5.74) is 2.63. The van der Waals surface area contributed by atoms with Crippen molar-refractivity contribution in [2.24, 2.45) is 23.7 Å². The first-order valence-corrected chi connectivity index (χ1v) is 11.9. The second-order valence-corrected chi connectivity index (χ2v) is 9.25. The molecule has 0 N–H and O–H groups in total. The Labute approximate surface area is 168 Å². The maximum Gasteiger partial charge on any atom is 0.0245 e. The maximum absolute atomic E-state index is 3.59. The highest BCUT2D eigenvalue weighted by Crippen LogP contribution is 2.42. The van der Waals surface area contributed by atoms with Gasteiger partial charge < -0.3 is 0 Å². The molecule has 0 aromatic heterocycles. The smallest absolute Gasteiger partial charge is 0.0245 e. The molecule has 0 nitrogen and oxygen atoms in total. The van der Waals surface area contributed by atoms with E-state index in [1.165, 1.54) is 94.6 Å². The van der Waals surface area contributed by atoms with Crippen molar-refractivity contribution in [2.75, 3.05) is 0 Å². The number of hydrogen-bond donors (Lipinski definition) is 0. The SMILES string of the molecule is CCCC[C@H]1CC[C@H](C2CCC(C#Cc3ccc(CCC)cc3)CC2)CC1. The standard InChI is InChI=1S/C27H40/c1-3-5-7-23-14-18-26(19-15-23)27-20-16-25(17-21-27)13-12-24-10-8-22(6-4-2)9-11-24/h8-11,23,25-27H,3-7,14-21H2,1-2H3/t23-,25?,26-,27?. The molecule has 0 aliphatic heterocycles. The van der Waals surface area contributed by atoms with E-state index in [4.69, 9.17) is 0 Å². The fraction of sp³-hybridized carbons (Fsp3) is 0.704. The van der Waals surface area contributed by atoms with Crippen molar-refractivity contribution >= 4 is 0 Å². The minimum atomic E-state index is 0.637. The summed E-state index contributed by atoms with van der Waals surface area (Å²) in [6.07, 6.45) is 18.3. The summed E-state index contributed by atoms with van der Waals surface area (Å²) in [5, 5.41) is 0. The predicted molar refractivity (Wildman–Crippen MR) is 118 cm³/mol. The normalized spacial score (nSPS) is 28.4. The van der Waals surface area contributed by atoms with E-state index in [1.54, 1.807) is 0 Å². The largest absolute Gasteiger partial charge is 0.0945 e. The number of unbranched alkanes of at least 4 members (excludes halogenated alkanes) is 1. The first-order valence-electron chi connectivity index (χ1n) is 11.9. The van der Waals surface area contributed by atoms with Gasteiger partial charge in [-0.1, -0.05) is 76.3 Å². The van der Waals surface area contributed by atoms with Crippen LogP contribution in [-0.4, -0.2) is 0 Å². The fourth-order valence-corrected chi connectivity index (χ4v) is 5.40. The van der Waals surface area contributed by atoms with E-state index in [0.29, 0.717) is 5.92 Å². The molecule has 0 unspecified atom stereocenters. The molecule has 0 radical (unpaired) electrons. The van der Waals surface area contributed by atoms with Crippen molar-refractivity contribution in [2.45, 2.75) is 97.3 Å². The third-order valence-electron chi connectivity index (χ3n) is 7.21. The summed E-state index contributed by atoms with van der Waals surface area (Å²) in [6.45, 7) is 4.57. The molecule has 0 atom stereocenters. The van der Waals surface area contributed by atoms with E-state index in [1.807, 2.05) is 0 Å². The molecule has 3 rings (SSSR count). The molecule has 0 spiro atoms. The number of hydrogen-bond acceptors (Lipinski definition) is 0. The van der Waals surface area contributed by atoms with Gasteiger partial charge in [0.2, 0.25) is 0 Å². The van der Waals surface area contributed by atoms with E-state index in [-0.39, 0.29) is 0 Å². The lowest BCUT2D eigenvalue weighted by molar-refractivity contribution is 0.153. The van der Waals surface area contributed by atoms with Gasteiger partial charge in [-0.25, -0.2) is 0 Å². The molecule has 2 aliphatic rings. The second kappa shape index (κ2) is 10.9. The zero-order valence-electron chi connectivity index (χ0n) is 17.8. The molecule has 0 heteroatoms. The van der Waals surface area contributed by atoms with Crippen LogP contribution in [0.5, 0.6) is 0 Å². The van der Waals surface area contributed by atoms with E-state index in [0.717, 1.165) is 17.8 Å². The molecule has 0 heterocycles. The molecule has 2 aliphatic carbocycles. The van der Waals surface area contributed by atoms with Gasteiger partial charge in [0, 0.05) is 11.5 Å². The van der Waals surface area contributed by atoms with Crippen molar-refractivity contribution < 1.29 is 0 Å². The molecule has 2 fully saturated rings. The highest BCUT2D eigenvalue weighted by molar-refractivity contribution is 5.36. The van der Waals surface area contributed by atoms with Gasteiger partial charge in [-0.15, -0.1) is 0 Å². The Morgan fingerprint density at radius 3 is 2.00 bits per heavy atom. The highest BCUT2D eigenvalue weighted by Gasteiger charge is 2.30. The lowest BCUT2D eigenvalue weighted by atomic mass is 9.69. The van der Waals surface area contributed by atoms with Crippen LogP contribution in [0.2, 0.25) is 0 Å². The number of benzene rings is 1. The minimum Gasteiger partial charge on any atom is -0.0945 e. The quantitative estimate of drug-likeness (QED) is 0.452. The third-order valence-corrected chi connectivity index (χ3v) is 7.21. The van der Waals surface area contributed by atoms with E-state index >= 15 is 0 Å². The summed E-state index contributed by atoms with van der Waals surface area (Å²) >= 11 is 0. The molecule has 1 aromatic rings. The molecule has 0 saturated heterocycles.